The number of carbonyl (C=O) groups is 3. The summed E-state index contributed by atoms with van der Waals surface area (Å²) in [6.07, 6.45) is 1.73. The van der Waals surface area contributed by atoms with Crippen LogP contribution in [-0.2, 0) is 33.9 Å². The van der Waals surface area contributed by atoms with Crippen molar-refractivity contribution in [2.24, 2.45) is 11.5 Å². The number of nitrogens with two attached hydrogens (primary N) is 2. The number of fused-ring (bicyclic) bond motifs is 1. The van der Waals surface area contributed by atoms with E-state index in [1.165, 1.54) is 21.3 Å². The highest BCUT2D eigenvalue weighted by Gasteiger charge is 2.18. The van der Waals surface area contributed by atoms with E-state index in [0.717, 1.165) is 12.0 Å². The molecule has 0 radical (unpaired) electrons. The lowest BCUT2D eigenvalue weighted by Crippen LogP contribution is -2.44. The predicted molar refractivity (Wildman–Crippen MR) is 166 cm³/mol. The highest BCUT2D eigenvalue weighted by Crippen LogP contribution is 2.22. The Balaban J connectivity index is 0.000000279. The molecule has 0 bridgehead atoms. The van der Waals surface area contributed by atoms with Crippen LogP contribution in [0.5, 0.6) is 11.5 Å². The second kappa shape index (κ2) is 15.9. The molecule has 0 aliphatic carbocycles. The average molecular weight is 624 g/mol. The number of carboxylic acid groups (broad SMARTS) is 1. The Morgan fingerprint density at radius 2 is 1.62 bits per heavy atom. The van der Waals surface area contributed by atoms with E-state index in [4.69, 9.17) is 26.4 Å². The average Bonchev–Trinajstić information content (AvgIpc) is 3.46. The van der Waals surface area contributed by atoms with Gasteiger partial charge in [-0.25, -0.2) is 14.6 Å². The molecule has 0 spiro atoms. The van der Waals surface area contributed by atoms with E-state index in [-0.39, 0.29) is 23.5 Å². The lowest BCUT2D eigenvalue weighted by molar-refractivity contribution is -0.139. The number of ether oxygens (including phenoxy) is 1. The highest BCUT2D eigenvalue weighted by atomic mass is 16.5. The number of H-pyrrole nitrogens is 1. The molecule has 1 atom stereocenters. The maximum Gasteiger partial charge on any atom is 0.341 e. The first-order valence-corrected chi connectivity index (χ1v) is 14.2. The number of carbonyl (C=O) groups excluding carboxylic acids is 2. The number of hydrogen-bond acceptors (Lipinski definition) is 9. The first-order valence-electron chi connectivity index (χ1n) is 14.2. The molecule has 0 saturated heterocycles. The van der Waals surface area contributed by atoms with Crippen molar-refractivity contribution in [2.45, 2.75) is 52.2 Å². The minimum Gasteiger partial charge on any atom is -0.508 e. The number of primary amides is 1. The molecule has 240 valence electrons. The standard InChI is InChI=1S/C19H22N4O5.C11H15N3O3/c1-3-9-22-17-15(18(26)23(10-4-2)19(22)27)20-16(21-17)12-5-7-13(8-6-12)28-11-14(24)25;12-9(11(17)14-6-10(13)16)5-7-1-3-8(15)4-2-7/h5-8H,3-4,9-11H2,1-2H3,(H,20,21)(H,24,25);1-4,9,15H,5-6,12H2,(H2,13,16)(H,14,17)/t;9-/m.0/s1. The van der Waals surface area contributed by atoms with Crippen molar-refractivity contribution in [3.63, 3.8) is 0 Å². The molecule has 2 aromatic carbocycles. The third-order valence-corrected chi connectivity index (χ3v) is 6.41. The number of amides is 2. The van der Waals surface area contributed by atoms with Gasteiger partial charge in [-0.1, -0.05) is 26.0 Å². The summed E-state index contributed by atoms with van der Waals surface area (Å²) in [6, 6.07) is 12.3. The number of phenolic OH excluding ortho intramolecular Hbond substituents is 1. The largest absolute Gasteiger partial charge is 0.508 e. The number of nitrogens with zero attached hydrogens (tertiary/aromatic N) is 3. The van der Waals surface area contributed by atoms with Gasteiger partial charge in [-0.05, 0) is 61.2 Å². The van der Waals surface area contributed by atoms with E-state index in [0.29, 0.717) is 54.2 Å². The van der Waals surface area contributed by atoms with Crippen LogP contribution in [0.25, 0.3) is 22.6 Å². The number of hydrogen-bond donors (Lipinski definition) is 6. The van der Waals surface area contributed by atoms with Gasteiger partial charge in [-0.2, -0.15) is 0 Å². The van der Waals surface area contributed by atoms with E-state index >= 15 is 0 Å². The third kappa shape index (κ3) is 9.27. The first kappa shape index (κ1) is 34.1. The molecule has 0 aliphatic heterocycles. The van der Waals surface area contributed by atoms with Crippen LogP contribution in [0, 0.1) is 0 Å². The monoisotopic (exact) mass is 623 g/mol. The van der Waals surface area contributed by atoms with Gasteiger partial charge in [0.25, 0.3) is 5.56 Å². The molecule has 15 heteroatoms. The molecule has 2 amide bonds. The number of phenols is 1. The Morgan fingerprint density at radius 1 is 1.00 bits per heavy atom. The summed E-state index contributed by atoms with van der Waals surface area (Å²) < 4.78 is 7.88. The van der Waals surface area contributed by atoms with Crippen molar-refractivity contribution in [3.05, 3.63) is 74.9 Å². The molecule has 2 aromatic heterocycles. The Kier molecular flexibility index (Phi) is 12.0. The van der Waals surface area contributed by atoms with Gasteiger partial charge in [0.15, 0.2) is 12.3 Å². The lowest BCUT2D eigenvalue weighted by Gasteiger charge is -2.11. The summed E-state index contributed by atoms with van der Waals surface area (Å²) in [7, 11) is 0. The van der Waals surface area contributed by atoms with Gasteiger partial charge in [0.2, 0.25) is 11.8 Å². The summed E-state index contributed by atoms with van der Waals surface area (Å²) in [5.74, 6) is -1.09. The van der Waals surface area contributed by atoms with Crippen molar-refractivity contribution in [3.8, 4) is 22.9 Å². The van der Waals surface area contributed by atoms with Gasteiger partial charge in [-0.3, -0.25) is 23.5 Å². The lowest BCUT2D eigenvalue weighted by atomic mass is 10.1. The van der Waals surface area contributed by atoms with Crippen LogP contribution in [0.3, 0.4) is 0 Å². The molecule has 4 aromatic rings. The summed E-state index contributed by atoms with van der Waals surface area (Å²) >= 11 is 0. The van der Waals surface area contributed by atoms with Crippen LogP contribution < -0.4 is 32.8 Å². The Bertz CT molecular complexity index is 1740. The molecule has 4 rings (SSSR count). The molecule has 0 unspecified atom stereocenters. The van der Waals surface area contributed by atoms with Crippen LogP contribution in [-0.4, -0.2) is 66.3 Å². The molecular weight excluding hydrogens is 586 g/mol. The minimum absolute atomic E-state index is 0.153. The number of aliphatic carboxylic acids is 1. The number of aromatic amines is 1. The number of aryl methyl sites for hydroxylation is 1. The summed E-state index contributed by atoms with van der Waals surface area (Å²) in [5, 5.41) is 20.1. The minimum atomic E-state index is -1.06. The Morgan fingerprint density at radius 3 is 2.20 bits per heavy atom. The van der Waals surface area contributed by atoms with Crippen molar-refractivity contribution in [2.75, 3.05) is 13.2 Å². The molecule has 0 aliphatic rings. The molecule has 0 fully saturated rings. The smallest absolute Gasteiger partial charge is 0.341 e. The maximum absolute atomic E-state index is 12.7. The topological polar surface area (TPSA) is 238 Å². The quantitative estimate of drug-likeness (QED) is 0.122. The highest BCUT2D eigenvalue weighted by molar-refractivity contribution is 5.86. The number of carboxylic acids is 1. The Labute approximate surface area is 257 Å². The van der Waals surface area contributed by atoms with Gasteiger partial charge in [0, 0.05) is 18.7 Å². The SMILES string of the molecule is CCCn1c(=O)c2[nH]c(-c3ccc(OCC(=O)O)cc3)nc2n(CCC)c1=O.NC(=O)CNC(=O)[C@@H](N)Cc1ccc(O)cc1. The molecular formula is C30H37N7O8. The Hall–Kier alpha value is -5.44. The van der Waals surface area contributed by atoms with E-state index in [9.17, 15) is 24.0 Å². The van der Waals surface area contributed by atoms with Crippen LogP contribution in [0.2, 0.25) is 0 Å². The van der Waals surface area contributed by atoms with E-state index in [1.54, 1.807) is 36.4 Å². The zero-order chi connectivity index (χ0) is 33.1. The summed E-state index contributed by atoms with van der Waals surface area (Å²) in [5.41, 5.74) is 12.0. The number of aromatic hydroxyl groups is 1. The zero-order valence-electron chi connectivity index (χ0n) is 25.0. The number of nitrogens with one attached hydrogen (secondary N) is 2. The van der Waals surface area contributed by atoms with E-state index in [1.807, 2.05) is 13.8 Å². The number of benzene rings is 2. The molecule has 8 N–H and O–H groups in total. The fourth-order valence-electron chi connectivity index (χ4n) is 4.29. The van der Waals surface area contributed by atoms with Crippen LogP contribution in [0.1, 0.15) is 32.3 Å². The van der Waals surface area contributed by atoms with Crippen molar-refractivity contribution in [1.82, 2.24) is 24.4 Å². The predicted octanol–water partition coefficient (Wildman–Crippen LogP) is 0.700. The molecule has 2 heterocycles. The second-order valence-corrected chi connectivity index (χ2v) is 10.0. The number of aromatic nitrogens is 4. The van der Waals surface area contributed by atoms with Crippen molar-refractivity contribution >= 4 is 28.9 Å². The van der Waals surface area contributed by atoms with Crippen molar-refractivity contribution in [1.29, 1.82) is 0 Å². The van der Waals surface area contributed by atoms with Gasteiger partial charge >= 0.3 is 11.7 Å². The molecule has 0 saturated carbocycles. The normalized spacial score (nSPS) is 11.4. The van der Waals surface area contributed by atoms with Crippen LogP contribution in [0.4, 0.5) is 0 Å². The molecule has 15 nitrogen and oxygen atoms in total. The van der Waals surface area contributed by atoms with E-state index in [2.05, 4.69) is 15.3 Å². The van der Waals surface area contributed by atoms with Crippen molar-refractivity contribution < 1.29 is 29.3 Å². The fourth-order valence-corrected chi connectivity index (χ4v) is 4.29. The third-order valence-electron chi connectivity index (χ3n) is 6.41. The van der Waals surface area contributed by atoms with Crippen LogP contribution >= 0.6 is 0 Å². The number of imidazole rings is 1. The maximum atomic E-state index is 12.7. The summed E-state index contributed by atoms with van der Waals surface area (Å²) in [4.78, 5) is 65.4. The number of rotatable bonds is 13. The summed E-state index contributed by atoms with van der Waals surface area (Å²) in [6.45, 7) is 4.03. The van der Waals surface area contributed by atoms with Gasteiger partial charge in [0.1, 0.15) is 22.8 Å². The van der Waals surface area contributed by atoms with Gasteiger partial charge in [0.05, 0.1) is 12.6 Å². The van der Waals surface area contributed by atoms with Gasteiger partial charge in [-0.15, -0.1) is 0 Å². The van der Waals surface area contributed by atoms with Crippen LogP contribution in [0.15, 0.2) is 58.1 Å². The van der Waals surface area contributed by atoms with Gasteiger partial charge < -0.3 is 36.7 Å². The van der Waals surface area contributed by atoms with E-state index < -0.39 is 30.4 Å². The molecule has 45 heavy (non-hydrogen) atoms. The fraction of sp³-hybridized carbons (Fsp3) is 0.333. The first-order chi connectivity index (χ1) is 21.4. The zero-order valence-corrected chi connectivity index (χ0v) is 25.0. The second-order valence-electron chi connectivity index (χ2n) is 10.0.